The molecule has 4 nitrogen and oxygen atoms in total. The molecule has 1 fully saturated rings. The fraction of sp³-hybridized carbons (Fsp3) is 0.833. The number of hydrogen-bond donors (Lipinski definition) is 2. The molecule has 98 valence electrons. The molecule has 0 spiro atoms. The lowest BCUT2D eigenvalue weighted by Crippen LogP contribution is -2.43. The van der Waals surface area contributed by atoms with Crippen molar-refractivity contribution in [3.8, 4) is 0 Å². The Morgan fingerprint density at radius 2 is 2.06 bits per heavy atom. The minimum Gasteiger partial charge on any atom is -0.323 e. The Morgan fingerprint density at radius 1 is 1.41 bits per heavy atom. The third-order valence-electron chi connectivity index (χ3n) is 3.52. The van der Waals surface area contributed by atoms with Crippen LogP contribution in [-0.2, 0) is 4.79 Å². The summed E-state index contributed by atoms with van der Waals surface area (Å²) in [4.78, 5) is 25.1. The van der Waals surface area contributed by atoms with Gasteiger partial charge in [0.1, 0.15) is 5.54 Å². The summed E-state index contributed by atoms with van der Waals surface area (Å²) >= 11 is 4.18. The van der Waals surface area contributed by atoms with E-state index in [1.165, 1.54) is 4.90 Å². The maximum atomic E-state index is 12.1. The quantitative estimate of drug-likeness (QED) is 0.566. The molecule has 2 unspecified atom stereocenters. The first-order valence-corrected chi connectivity index (χ1v) is 6.82. The molecule has 1 saturated heterocycles. The van der Waals surface area contributed by atoms with Gasteiger partial charge in [0.05, 0.1) is 0 Å². The molecular weight excluding hydrogens is 236 g/mol. The summed E-state index contributed by atoms with van der Waals surface area (Å²) in [5.74, 6) is 1.23. The number of amides is 3. The van der Waals surface area contributed by atoms with Crippen LogP contribution in [0.25, 0.3) is 0 Å². The van der Waals surface area contributed by atoms with Crippen LogP contribution in [0.15, 0.2) is 0 Å². The Morgan fingerprint density at radius 3 is 2.53 bits per heavy atom. The van der Waals surface area contributed by atoms with Gasteiger partial charge in [-0.05, 0) is 37.9 Å². The molecular formula is C12H22N2O2S. The van der Waals surface area contributed by atoms with Crippen molar-refractivity contribution in [3.63, 3.8) is 0 Å². The van der Waals surface area contributed by atoms with Crippen LogP contribution >= 0.6 is 12.6 Å². The standard InChI is InChI=1S/C12H22N2O2S/c1-4-12(3)10(15)14(11(16)13-12)7-5-9(2)6-8-17/h9,17H,4-8H2,1-3H3,(H,13,16). The van der Waals surface area contributed by atoms with Gasteiger partial charge in [-0.1, -0.05) is 13.8 Å². The van der Waals surface area contributed by atoms with Crippen LogP contribution < -0.4 is 5.32 Å². The van der Waals surface area contributed by atoms with Crippen LogP contribution in [0.2, 0.25) is 0 Å². The molecule has 0 aromatic rings. The number of rotatable bonds is 6. The number of nitrogens with zero attached hydrogens (tertiary/aromatic N) is 1. The Hall–Kier alpha value is -0.710. The Labute approximate surface area is 109 Å². The zero-order valence-corrected chi connectivity index (χ0v) is 11.7. The number of urea groups is 1. The van der Waals surface area contributed by atoms with Crippen LogP contribution in [0.5, 0.6) is 0 Å². The summed E-state index contributed by atoms with van der Waals surface area (Å²) in [5.41, 5.74) is -0.704. The van der Waals surface area contributed by atoms with Crippen LogP contribution in [0.1, 0.15) is 40.0 Å². The number of hydrogen-bond acceptors (Lipinski definition) is 3. The van der Waals surface area contributed by atoms with Crippen molar-refractivity contribution in [1.82, 2.24) is 10.2 Å². The molecule has 3 amide bonds. The molecule has 17 heavy (non-hydrogen) atoms. The van der Waals surface area contributed by atoms with Gasteiger partial charge in [-0.25, -0.2) is 4.79 Å². The monoisotopic (exact) mass is 258 g/mol. The van der Waals surface area contributed by atoms with Crippen molar-refractivity contribution < 1.29 is 9.59 Å². The van der Waals surface area contributed by atoms with Gasteiger partial charge >= 0.3 is 6.03 Å². The lowest BCUT2D eigenvalue weighted by atomic mass is 9.99. The van der Waals surface area contributed by atoms with E-state index in [-0.39, 0.29) is 11.9 Å². The topological polar surface area (TPSA) is 49.4 Å². The molecule has 0 aromatic carbocycles. The van der Waals surface area contributed by atoms with Crippen LogP contribution in [0, 0.1) is 5.92 Å². The molecule has 0 bridgehead atoms. The number of carbonyl (C=O) groups is 2. The van der Waals surface area contributed by atoms with E-state index in [1.54, 1.807) is 6.92 Å². The third kappa shape index (κ3) is 3.15. The average molecular weight is 258 g/mol. The van der Waals surface area contributed by atoms with E-state index in [2.05, 4.69) is 24.9 Å². The predicted molar refractivity (Wildman–Crippen MR) is 71.2 cm³/mol. The van der Waals surface area contributed by atoms with Crippen molar-refractivity contribution in [1.29, 1.82) is 0 Å². The molecule has 0 aliphatic carbocycles. The molecule has 1 aliphatic heterocycles. The molecule has 0 radical (unpaired) electrons. The second-order valence-electron chi connectivity index (χ2n) is 4.98. The third-order valence-corrected chi connectivity index (χ3v) is 3.78. The minimum absolute atomic E-state index is 0.0944. The van der Waals surface area contributed by atoms with Crippen molar-refractivity contribution >= 4 is 24.6 Å². The van der Waals surface area contributed by atoms with Crippen molar-refractivity contribution in [3.05, 3.63) is 0 Å². The fourth-order valence-electron chi connectivity index (χ4n) is 1.90. The van der Waals surface area contributed by atoms with Gasteiger partial charge in [-0.3, -0.25) is 9.69 Å². The number of carbonyl (C=O) groups excluding carboxylic acids is 2. The van der Waals surface area contributed by atoms with Gasteiger partial charge in [-0.15, -0.1) is 0 Å². The van der Waals surface area contributed by atoms with Gasteiger partial charge in [0.25, 0.3) is 5.91 Å². The Bertz CT molecular complexity index is 309. The highest BCUT2D eigenvalue weighted by Crippen LogP contribution is 2.22. The molecule has 1 heterocycles. The first-order chi connectivity index (χ1) is 7.94. The number of nitrogens with one attached hydrogen (secondary N) is 1. The largest absolute Gasteiger partial charge is 0.325 e. The Kier molecular flexibility index (Phi) is 4.86. The maximum Gasteiger partial charge on any atom is 0.325 e. The molecule has 0 saturated carbocycles. The van der Waals surface area contributed by atoms with Gasteiger partial charge in [0, 0.05) is 6.54 Å². The van der Waals surface area contributed by atoms with E-state index in [1.807, 2.05) is 6.92 Å². The van der Waals surface area contributed by atoms with E-state index in [0.717, 1.165) is 18.6 Å². The van der Waals surface area contributed by atoms with Crippen molar-refractivity contribution in [2.45, 2.75) is 45.6 Å². The van der Waals surface area contributed by atoms with Gasteiger partial charge in [0.2, 0.25) is 0 Å². The number of imide groups is 1. The van der Waals surface area contributed by atoms with E-state index in [0.29, 0.717) is 18.9 Å². The molecule has 0 aromatic heterocycles. The molecule has 1 rings (SSSR count). The van der Waals surface area contributed by atoms with E-state index in [4.69, 9.17) is 0 Å². The highest BCUT2D eigenvalue weighted by Gasteiger charge is 2.46. The van der Waals surface area contributed by atoms with Crippen LogP contribution in [0.3, 0.4) is 0 Å². The molecule has 2 atom stereocenters. The SMILES string of the molecule is CCC1(C)NC(=O)N(CCC(C)CCS)C1=O. The highest BCUT2D eigenvalue weighted by molar-refractivity contribution is 7.80. The smallest absolute Gasteiger partial charge is 0.323 e. The normalized spacial score (nSPS) is 26.2. The fourth-order valence-corrected chi connectivity index (χ4v) is 2.34. The lowest BCUT2D eigenvalue weighted by molar-refractivity contribution is -0.130. The maximum absolute atomic E-state index is 12.1. The second kappa shape index (κ2) is 5.76. The summed E-state index contributed by atoms with van der Waals surface area (Å²) < 4.78 is 0. The summed E-state index contributed by atoms with van der Waals surface area (Å²) in [5, 5.41) is 2.76. The predicted octanol–water partition coefficient (Wildman–Crippen LogP) is 2.05. The van der Waals surface area contributed by atoms with Crippen molar-refractivity contribution in [2.75, 3.05) is 12.3 Å². The van der Waals surface area contributed by atoms with E-state index < -0.39 is 5.54 Å². The van der Waals surface area contributed by atoms with Gasteiger partial charge < -0.3 is 5.32 Å². The summed E-state index contributed by atoms with van der Waals surface area (Å²) in [6.07, 6.45) is 2.48. The van der Waals surface area contributed by atoms with E-state index in [9.17, 15) is 9.59 Å². The highest BCUT2D eigenvalue weighted by atomic mass is 32.1. The molecule has 1 N–H and O–H groups in total. The second-order valence-corrected chi connectivity index (χ2v) is 5.43. The summed E-state index contributed by atoms with van der Waals surface area (Å²) in [7, 11) is 0. The van der Waals surface area contributed by atoms with Crippen molar-refractivity contribution in [2.24, 2.45) is 5.92 Å². The van der Waals surface area contributed by atoms with Crippen LogP contribution in [0.4, 0.5) is 4.79 Å². The molecule has 5 heteroatoms. The van der Waals surface area contributed by atoms with Gasteiger partial charge in [0.15, 0.2) is 0 Å². The zero-order chi connectivity index (χ0) is 13.1. The first kappa shape index (κ1) is 14.4. The summed E-state index contributed by atoms with van der Waals surface area (Å²) in [6, 6.07) is -0.252. The molecule has 1 aliphatic rings. The average Bonchev–Trinajstić information content (AvgIpc) is 2.49. The van der Waals surface area contributed by atoms with Gasteiger partial charge in [-0.2, -0.15) is 12.6 Å². The number of thiol groups is 1. The zero-order valence-electron chi connectivity index (χ0n) is 10.8. The lowest BCUT2D eigenvalue weighted by Gasteiger charge is -2.20. The summed E-state index contributed by atoms with van der Waals surface area (Å²) in [6.45, 7) is 6.32. The van der Waals surface area contributed by atoms with E-state index >= 15 is 0 Å². The Balaban J connectivity index is 2.55. The first-order valence-electron chi connectivity index (χ1n) is 6.19. The minimum atomic E-state index is -0.704. The van der Waals surface area contributed by atoms with Crippen LogP contribution in [-0.4, -0.2) is 34.7 Å².